The van der Waals surface area contributed by atoms with Gasteiger partial charge in [-0.2, -0.15) is 13.2 Å². The van der Waals surface area contributed by atoms with Crippen LogP contribution >= 0.6 is 0 Å². The maximum absolute atomic E-state index is 13.8. The third-order valence-corrected chi connectivity index (χ3v) is 4.00. The monoisotopic (exact) mass is 261 g/mol. The van der Waals surface area contributed by atoms with Crippen LogP contribution in [0, 0.1) is 5.82 Å². The summed E-state index contributed by atoms with van der Waals surface area (Å²) in [6, 6.07) is 2.50. The Hall–Kier alpha value is -1.10. The summed E-state index contributed by atoms with van der Waals surface area (Å²) in [4.78, 5) is 0. The molecule has 1 aliphatic carbocycles. The van der Waals surface area contributed by atoms with Gasteiger partial charge in [-0.05, 0) is 36.6 Å². The average molecular weight is 261 g/mol. The molecule has 1 nitrogen and oxygen atoms in total. The highest BCUT2D eigenvalue weighted by molar-refractivity contribution is 5.37. The van der Waals surface area contributed by atoms with Crippen molar-refractivity contribution in [2.45, 2.75) is 43.8 Å². The van der Waals surface area contributed by atoms with Crippen molar-refractivity contribution >= 4 is 0 Å². The van der Waals surface area contributed by atoms with Gasteiger partial charge in [0.15, 0.2) is 0 Å². The van der Waals surface area contributed by atoms with Gasteiger partial charge in [0.05, 0.1) is 5.56 Å². The first kappa shape index (κ1) is 13.3. The molecule has 2 N–H and O–H groups in total. The second-order valence-corrected chi connectivity index (χ2v) is 5.47. The molecule has 0 atom stereocenters. The van der Waals surface area contributed by atoms with E-state index in [9.17, 15) is 17.6 Å². The quantitative estimate of drug-likeness (QED) is 0.808. The molecule has 1 fully saturated rings. The Balaban J connectivity index is 2.51. The van der Waals surface area contributed by atoms with E-state index in [-0.39, 0.29) is 5.56 Å². The zero-order valence-corrected chi connectivity index (χ0v) is 10.2. The molecule has 0 heterocycles. The van der Waals surface area contributed by atoms with Crippen molar-refractivity contribution in [3.05, 3.63) is 35.1 Å². The van der Waals surface area contributed by atoms with Gasteiger partial charge in [-0.1, -0.05) is 13.8 Å². The Labute approximate surface area is 103 Å². The minimum Gasteiger partial charge on any atom is -0.324 e. The fourth-order valence-corrected chi connectivity index (χ4v) is 2.21. The molecular weight excluding hydrogens is 246 g/mol. The van der Waals surface area contributed by atoms with Gasteiger partial charge in [0, 0.05) is 11.0 Å². The summed E-state index contributed by atoms with van der Waals surface area (Å²) < 4.78 is 51.7. The average Bonchev–Trinajstić information content (AvgIpc) is 2.96. The highest BCUT2D eigenvalue weighted by Gasteiger charge is 2.53. The molecule has 0 saturated heterocycles. The van der Waals surface area contributed by atoms with Gasteiger partial charge in [-0.3, -0.25) is 0 Å². The van der Waals surface area contributed by atoms with Crippen LogP contribution in [0.15, 0.2) is 18.2 Å². The third-order valence-electron chi connectivity index (χ3n) is 4.00. The molecule has 2 rings (SSSR count). The predicted molar refractivity (Wildman–Crippen MR) is 60.6 cm³/mol. The molecule has 0 radical (unpaired) electrons. The van der Waals surface area contributed by atoms with Gasteiger partial charge in [0.1, 0.15) is 5.82 Å². The Morgan fingerprint density at radius 1 is 1.17 bits per heavy atom. The van der Waals surface area contributed by atoms with E-state index in [1.165, 1.54) is 0 Å². The van der Waals surface area contributed by atoms with Crippen LogP contribution in [0.5, 0.6) is 0 Å². The standard InChI is InChI=1S/C13H15F4N/c1-11(2,12(18)5-6-12)9-7-8(13(15,16)17)3-4-10(9)14/h3-4,7H,5-6,18H2,1-2H3. The maximum atomic E-state index is 13.8. The van der Waals surface area contributed by atoms with Crippen LogP contribution in [0.4, 0.5) is 17.6 Å². The van der Waals surface area contributed by atoms with Crippen LogP contribution in [0.3, 0.4) is 0 Å². The van der Waals surface area contributed by atoms with Crippen molar-refractivity contribution in [3.8, 4) is 0 Å². The van der Waals surface area contributed by atoms with Crippen LogP contribution in [-0.4, -0.2) is 5.54 Å². The van der Waals surface area contributed by atoms with E-state index in [2.05, 4.69) is 0 Å². The zero-order chi connectivity index (χ0) is 13.8. The summed E-state index contributed by atoms with van der Waals surface area (Å²) in [6.07, 6.45) is -3.06. The summed E-state index contributed by atoms with van der Waals surface area (Å²) in [5.74, 6) is -0.635. The lowest BCUT2D eigenvalue weighted by Gasteiger charge is -2.33. The number of rotatable bonds is 2. The van der Waals surface area contributed by atoms with E-state index in [0.29, 0.717) is 12.8 Å². The summed E-state index contributed by atoms with van der Waals surface area (Å²) in [7, 11) is 0. The molecule has 18 heavy (non-hydrogen) atoms. The summed E-state index contributed by atoms with van der Waals surface area (Å²) in [5.41, 5.74) is 3.83. The van der Waals surface area contributed by atoms with Crippen molar-refractivity contribution in [1.29, 1.82) is 0 Å². The third kappa shape index (κ3) is 2.00. The second-order valence-electron chi connectivity index (χ2n) is 5.47. The predicted octanol–water partition coefficient (Wildman–Crippen LogP) is 3.61. The highest BCUT2D eigenvalue weighted by Crippen LogP contribution is 2.50. The van der Waals surface area contributed by atoms with E-state index in [1.807, 2.05) is 0 Å². The molecule has 0 aromatic heterocycles. The first-order chi connectivity index (χ1) is 8.08. The van der Waals surface area contributed by atoms with E-state index in [0.717, 1.165) is 18.2 Å². The van der Waals surface area contributed by atoms with Gasteiger partial charge in [0.2, 0.25) is 0 Å². The summed E-state index contributed by atoms with van der Waals surface area (Å²) >= 11 is 0. The smallest absolute Gasteiger partial charge is 0.324 e. The molecule has 0 aliphatic heterocycles. The molecule has 0 unspecified atom stereocenters. The Kier molecular flexibility index (Phi) is 2.74. The number of nitrogens with two attached hydrogens (primary N) is 1. The number of hydrogen-bond donors (Lipinski definition) is 1. The lowest BCUT2D eigenvalue weighted by Crippen LogP contribution is -2.44. The number of hydrogen-bond acceptors (Lipinski definition) is 1. The molecule has 0 amide bonds. The minimum absolute atomic E-state index is 0.0392. The number of halogens is 4. The van der Waals surface area contributed by atoms with Gasteiger partial charge in [-0.25, -0.2) is 4.39 Å². The molecule has 1 saturated carbocycles. The Morgan fingerprint density at radius 3 is 2.17 bits per heavy atom. The highest BCUT2D eigenvalue weighted by atomic mass is 19.4. The molecule has 1 aliphatic rings. The Morgan fingerprint density at radius 2 is 1.72 bits per heavy atom. The van der Waals surface area contributed by atoms with Crippen molar-refractivity contribution in [2.24, 2.45) is 5.73 Å². The molecule has 0 spiro atoms. The lowest BCUT2D eigenvalue weighted by molar-refractivity contribution is -0.137. The fraction of sp³-hybridized carbons (Fsp3) is 0.538. The van der Waals surface area contributed by atoms with Crippen molar-refractivity contribution in [1.82, 2.24) is 0 Å². The SMILES string of the molecule is CC(C)(c1cc(C(F)(F)F)ccc1F)C1(N)CC1. The van der Waals surface area contributed by atoms with E-state index >= 15 is 0 Å². The van der Waals surface area contributed by atoms with Gasteiger partial charge in [0.25, 0.3) is 0 Å². The largest absolute Gasteiger partial charge is 0.416 e. The molecule has 5 heteroatoms. The fourth-order valence-electron chi connectivity index (χ4n) is 2.21. The maximum Gasteiger partial charge on any atom is 0.416 e. The van der Waals surface area contributed by atoms with Crippen LogP contribution in [-0.2, 0) is 11.6 Å². The van der Waals surface area contributed by atoms with E-state index in [1.54, 1.807) is 13.8 Å². The lowest BCUT2D eigenvalue weighted by atomic mass is 9.75. The van der Waals surface area contributed by atoms with Crippen molar-refractivity contribution in [2.75, 3.05) is 0 Å². The Bertz CT molecular complexity index is 472. The van der Waals surface area contributed by atoms with Gasteiger partial charge in [-0.15, -0.1) is 0 Å². The normalized spacial score (nSPS) is 18.8. The molecule has 0 bridgehead atoms. The van der Waals surface area contributed by atoms with Crippen LogP contribution in [0.1, 0.15) is 37.8 Å². The van der Waals surface area contributed by atoms with Gasteiger partial charge >= 0.3 is 6.18 Å². The van der Waals surface area contributed by atoms with Gasteiger partial charge < -0.3 is 5.73 Å². The van der Waals surface area contributed by atoms with Crippen LogP contribution in [0.25, 0.3) is 0 Å². The van der Waals surface area contributed by atoms with Crippen molar-refractivity contribution < 1.29 is 17.6 Å². The summed E-state index contributed by atoms with van der Waals surface area (Å²) in [5, 5.41) is 0. The number of benzene rings is 1. The molecule has 1 aromatic rings. The molecular formula is C13H15F4N. The van der Waals surface area contributed by atoms with E-state index in [4.69, 9.17) is 5.73 Å². The number of alkyl halides is 3. The van der Waals surface area contributed by atoms with E-state index < -0.39 is 28.5 Å². The first-order valence-electron chi connectivity index (χ1n) is 5.74. The molecule has 1 aromatic carbocycles. The zero-order valence-electron chi connectivity index (χ0n) is 10.2. The minimum atomic E-state index is -4.47. The van der Waals surface area contributed by atoms with Crippen molar-refractivity contribution in [3.63, 3.8) is 0 Å². The topological polar surface area (TPSA) is 26.0 Å². The molecule has 100 valence electrons. The first-order valence-corrected chi connectivity index (χ1v) is 5.74. The van der Waals surface area contributed by atoms with Crippen LogP contribution < -0.4 is 5.73 Å². The second kappa shape index (κ2) is 3.70. The summed E-state index contributed by atoms with van der Waals surface area (Å²) in [6.45, 7) is 3.39. The van der Waals surface area contributed by atoms with Crippen LogP contribution in [0.2, 0.25) is 0 Å².